The smallest absolute Gasteiger partial charge is 0.129 e. The van der Waals surface area contributed by atoms with Gasteiger partial charge in [-0.25, -0.2) is 0 Å². The van der Waals surface area contributed by atoms with Crippen LogP contribution in [0, 0.1) is 12.8 Å². The van der Waals surface area contributed by atoms with Crippen molar-refractivity contribution in [2.75, 3.05) is 26.8 Å². The van der Waals surface area contributed by atoms with E-state index in [0.717, 1.165) is 25.5 Å². The third-order valence-electron chi connectivity index (χ3n) is 2.77. The van der Waals surface area contributed by atoms with Gasteiger partial charge in [-0.05, 0) is 30.5 Å². The molecule has 0 aliphatic carbocycles. The van der Waals surface area contributed by atoms with Crippen LogP contribution in [0.5, 0.6) is 0 Å². The van der Waals surface area contributed by atoms with Crippen molar-refractivity contribution in [2.24, 2.45) is 5.92 Å². The van der Waals surface area contributed by atoms with Crippen LogP contribution in [0.15, 0.2) is 22.3 Å². The van der Waals surface area contributed by atoms with Crippen molar-refractivity contribution in [2.45, 2.75) is 20.8 Å². The van der Waals surface area contributed by atoms with Gasteiger partial charge in [-0.3, -0.25) is 0 Å². The van der Waals surface area contributed by atoms with E-state index < -0.39 is 0 Å². The van der Waals surface area contributed by atoms with Gasteiger partial charge in [-0.2, -0.15) is 0 Å². The van der Waals surface area contributed by atoms with Gasteiger partial charge in [0.1, 0.15) is 5.76 Å². The van der Waals surface area contributed by atoms with Crippen molar-refractivity contribution in [3.63, 3.8) is 0 Å². The number of furan rings is 1. The number of hydrogen-bond donors (Lipinski definition) is 1. The van der Waals surface area contributed by atoms with E-state index in [1.54, 1.807) is 13.4 Å². The largest absolute Gasteiger partial charge is 0.465 e. The van der Waals surface area contributed by atoms with E-state index in [-0.39, 0.29) is 0 Å². The summed E-state index contributed by atoms with van der Waals surface area (Å²) in [5, 5.41) is 3.36. The zero-order valence-electron chi connectivity index (χ0n) is 11.2. The predicted octanol–water partition coefficient (Wildman–Crippen LogP) is 2.86. The molecule has 0 aromatic carbocycles. The van der Waals surface area contributed by atoms with Crippen LogP contribution in [-0.4, -0.2) is 26.8 Å². The molecule has 1 N–H and O–H groups in total. The molecular formula is C14H23NO2. The zero-order chi connectivity index (χ0) is 12.7. The van der Waals surface area contributed by atoms with E-state index in [9.17, 15) is 0 Å². The van der Waals surface area contributed by atoms with E-state index in [2.05, 4.69) is 32.2 Å². The Morgan fingerprint density at radius 2 is 2.29 bits per heavy atom. The molecule has 96 valence electrons. The molecule has 0 spiro atoms. The zero-order valence-corrected chi connectivity index (χ0v) is 11.2. The molecule has 0 aliphatic heterocycles. The quantitative estimate of drug-likeness (QED) is 0.740. The summed E-state index contributed by atoms with van der Waals surface area (Å²) in [7, 11) is 1.72. The highest BCUT2D eigenvalue weighted by atomic mass is 16.5. The summed E-state index contributed by atoms with van der Waals surface area (Å²) in [6, 6.07) is 1.99. The van der Waals surface area contributed by atoms with Gasteiger partial charge in [0.05, 0.1) is 12.9 Å². The molecule has 1 heterocycles. The van der Waals surface area contributed by atoms with Crippen LogP contribution in [-0.2, 0) is 4.74 Å². The Kier molecular flexibility index (Phi) is 6.01. The number of nitrogens with one attached hydrogen (secondary N) is 1. The second-order valence-electron chi connectivity index (χ2n) is 4.51. The molecular weight excluding hydrogens is 214 g/mol. The van der Waals surface area contributed by atoms with E-state index in [1.165, 1.54) is 11.1 Å². The van der Waals surface area contributed by atoms with Crippen LogP contribution in [0.2, 0.25) is 0 Å². The average molecular weight is 237 g/mol. The van der Waals surface area contributed by atoms with Crippen molar-refractivity contribution < 1.29 is 9.15 Å². The fourth-order valence-electron chi connectivity index (χ4n) is 1.53. The lowest BCUT2D eigenvalue weighted by molar-refractivity contribution is 0.200. The van der Waals surface area contributed by atoms with E-state index in [0.29, 0.717) is 5.92 Å². The summed E-state index contributed by atoms with van der Waals surface area (Å²) in [4.78, 5) is 0. The Balaban J connectivity index is 2.60. The number of rotatable bonds is 7. The maximum absolute atomic E-state index is 5.44. The lowest BCUT2D eigenvalue weighted by Gasteiger charge is -2.12. The number of aryl methyl sites for hydroxylation is 1. The maximum Gasteiger partial charge on any atom is 0.129 e. The van der Waals surface area contributed by atoms with Gasteiger partial charge in [0.25, 0.3) is 0 Å². The lowest BCUT2D eigenvalue weighted by atomic mass is 10.0. The summed E-state index contributed by atoms with van der Waals surface area (Å²) < 4.78 is 10.5. The molecule has 0 aliphatic rings. The Morgan fingerprint density at radius 1 is 1.53 bits per heavy atom. The fraction of sp³-hybridized carbons (Fsp3) is 0.571. The SMILES string of the molecule is COCCNC/C(=C/c1occc1C)C(C)C. The monoisotopic (exact) mass is 237 g/mol. The van der Waals surface area contributed by atoms with Gasteiger partial charge < -0.3 is 14.5 Å². The Hall–Kier alpha value is -1.06. The van der Waals surface area contributed by atoms with E-state index in [1.807, 2.05) is 6.07 Å². The van der Waals surface area contributed by atoms with Crippen LogP contribution < -0.4 is 5.32 Å². The normalized spacial score (nSPS) is 12.4. The molecule has 1 rings (SSSR count). The minimum Gasteiger partial charge on any atom is -0.465 e. The Bertz CT molecular complexity index is 353. The standard InChI is InChI=1S/C14H23NO2/c1-11(2)13(10-15-6-8-16-4)9-14-12(3)5-7-17-14/h5,7,9,11,15H,6,8,10H2,1-4H3/b13-9-. The molecule has 1 aromatic heterocycles. The minimum absolute atomic E-state index is 0.509. The van der Waals surface area contributed by atoms with Crippen LogP contribution >= 0.6 is 0 Å². The first-order valence-electron chi connectivity index (χ1n) is 6.09. The van der Waals surface area contributed by atoms with Gasteiger partial charge in [-0.15, -0.1) is 0 Å². The summed E-state index contributed by atoms with van der Waals surface area (Å²) in [5.41, 5.74) is 2.53. The molecule has 0 bridgehead atoms. The first-order valence-corrected chi connectivity index (χ1v) is 6.09. The highest BCUT2D eigenvalue weighted by Gasteiger charge is 2.06. The molecule has 17 heavy (non-hydrogen) atoms. The molecule has 0 atom stereocenters. The second-order valence-corrected chi connectivity index (χ2v) is 4.51. The molecule has 0 radical (unpaired) electrons. The van der Waals surface area contributed by atoms with Gasteiger partial charge in [0.15, 0.2) is 0 Å². The van der Waals surface area contributed by atoms with E-state index in [4.69, 9.17) is 9.15 Å². The van der Waals surface area contributed by atoms with Crippen molar-refractivity contribution in [3.8, 4) is 0 Å². The van der Waals surface area contributed by atoms with E-state index >= 15 is 0 Å². The average Bonchev–Trinajstić information content (AvgIpc) is 2.68. The Morgan fingerprint density at radius 3 is 2.82 bits per heavy atom. The minimum atomic E-state index is 0.509. The summed E-state index contributed by atoms with van der Waals surface area (Å²) >= 11 is 0. The van der Waals surface area contributed by atoms with Crippen molar-refractivity contribution in [1.82, 2.24) is 5.32 Å². The summed E-state index contributed by atoms with van der Waals surface area (Å²) in [6.45, 7) is 8.94. The molecule has 0 amide bonds. The van der Waals surface area contributed by atoms with Crippen molar-refractivity contribution >= 4 is 6.08 Å². The van der Waals surface area contributed by atoms with Crippen molar-refractivity contribution in [3.05, 3.63) is 29.2 Å². The first kappa shape index (κ1) is 14.0. The number of ether oxygens (including phenoxy) is 1. The number of methoxy groups -OCH3 is 1. The summed E-state index contributed by atoms with van der Waals surface area (Å²) in [6.07, 6.45) is 3.87. The van der Waals surface area contributed by atoms with Crippen LogP contribution in [0.25, 0.3) is 6.08 Å². The van der Waals surface area contributed by atoms with Gasteiger partial charge in [0.2, 0.25) is 0 Å². The topological polar surface area (TPSA) is 34.4 Å². The van der Waals surface area contributed by atoms with Gasteiger partial charge in [0, 0.05) is 20.2 Å². The highest BCUT2D eigenvalue weighted by molar-refractivity contribution is 5.51. The molecule has 1 aromatic rings. The van der Waals surface area contributed by atoms with Gasteiger partial charge >= 0.3 is 0 Å². The fourth-order valence-corrected chi connectivity index (χ4v) is 1.53. The van der Waals surface area contributed by atoms with Crippen LogP contribution in [0.4, 0.5) is 0 Å². The Labute approximate surface area is 104 Å². The maximum atomic E-state index is 5.44. The molecule has 0 fully saturated rings. The van der Waals surface area contributed by atoms with Crippen molar-refractivity contribution in [1.29, 1.82) is 0 Å². The third kappa shape index (κ3) is 4.75. The lowest BCUT2D eigenvalue weighted by Crippen LogP contribution is -2.23. The predicted molar refractivity (Wildman–Crippen MR) is 71.0 cm³/mol. The first-order chi connectivity index (χ1) is 8.15. The van der Waals surface area contributed by atoms with Crippen LogP contribution in [0.1, 0.15) is 25.2 Å². The molecule has 0 saturated carbocycles. The van der Waals surface area contributed by atoms with Crippen LogP contribution in [0.3, 0.4) is 0 Å². The molecule has 0 unspecified atom stereocenters. The summed E-state index contributed by atoms with van der Waals surface area (Å²) in [5.74, 6) is 1.47. The van der Waals surface area contributed by atoms with Gasteiger partial charge in [-0.1, -0.05) is 19.4 Å². The molecule has 3 nitrogen and oxygen atoms in total. The molecule has 3 heteroatoms. The third-order valence-corrected chi connectivity index (χ3v) is 2.77. The second kappa shape index (κ2) is 7.30. The number of hydrogen-bond acceptors (Lipinski definition) is 3. The molecule has 0 saturated heterocycles. The highest BCUT2D eigenvalue weighted by Crippen LogP contribution is 2.17.